The van der Waals surface area contributed by atoms with E-state index < -0.39 is 0 Å². The van der Waals surface area contributed by atoms with Crippen LogP contribution in [0.2, 0.25) is 0 Å². The molecule has 0 aromatic heterocycles. The second-order valence-electron chi connectivity index (χ2n) is 6.97. The maximum atomic E-state index is 4.88. The minimum atomic E-state index is 0. The molecule has 2 nitrogen and oxygen atoms in total. The predicted octanol–water partition coefficient (Wildman–Crippen LogP) is 7.34. The summed E-state index contributed by atoms with van der Waals surface area (Å²) < 4.78 is 9.77. The normalized spacial score (nSPS) is 8.84. The molecule has 0 saturated heterocycles. The summed E-state index contributed by atoms with van der Waals surface area (Å²) in [5.41, 5.74) is 7.34. The van der Waals surface area contributed by atoms with Crippen molar-refractivity contribution in [3.8, 4) is 11.5 Å². The summed E-state index contributed by atoms with van der Waals surface area (Å²) in [5, 5.41) is 0. The molecule has 166 valence electrons. The molecule has 0 N–H and O–H groups in total. The maximum absolute atomic E-state index is 4.88. The van der Waals surface area contributed by atoms with Crippen LogP contribution in [0.1, 0.15) is 27.8 Å². The fourth-order valence-corrected chi connectivity index (χ4v) is 2.73. The molecular weight excluding hydrogens is 428 g/mol. The molecule has 32 heavy (non-hydrogen) atoms. The van der Waals surface area contributed by atoms with Gasteiger partial charge >= 0.3 is 21.7 Å². The minimum absolute atomic E-state index is 0. The SMILES string of the molecule is COc1c[c-]ccc1.COc1c[c-]ccc1.Cc1c(C)c(C)[c-](C)c1C.[Ti+4].c1cc[cH-]c1. The first-order valence-corrected chi connectivity index (χ1v) is 10.3. The van der Waals surface area contributed by atoms with Crippen LogP contribution in [-0.2, 0) is 21.7 Å². The largest absolute Gasteiger partial charge is 4.00 e. The molecule has 0 aliphatic heterocycles. The van der Waals surface area contributed by atoms with Gasteiger partial charge in [0.15, 0.2) is 0 Å². The van der Waals surface area contributed by atoms with Crippen LogP contribution in [0.15, 0.2) is 78.9 Å². The summed E-state index contributed by atoms with van der Waals surface area (Å²) in [6, 6.07) is 30.6. The number of hydrogen-bond donors (Lipinski definition) is 0. The molecule has 0 bridgehead atoms. The number of ether oxygens (including phenoxy) is 2. The van der Waals surface area contributed by atoms with Gasteiger partial charge in [0.25, 0.3) is 0 Å². The first-order chi connectivity index (χ1) is 14.9. The number of benzene rings is 2. The third-order valence-electron chi connectivity index (χ3n) is 5.20. The van der Waals surface area contributed by atoms with Crippen molar-refractivity contribution in [1.82, 2.24) is 0 Å². The average Bonchev–Trinajstić information content (AvgIpc) is 3.48. The molecule has 0 saturated carbocycles. The Labute approximate surface area is 209 Å². The predicted molar refractivity (Wildman–Crippen MR) is 131 cm³/mol. The van der Waals surface area contributed by atoms with Gasteiger partial charge in [-0.25, -0.2) is 12.1 Å². The van der Waals surface area contributed by atoms with E-state index in [9.17, 15) is 0 Å². The number of rotatable bonds is 2. The van der Waals surface area contributed by atoms with E-state index in [0.717, 1.165) is 11.5 Å². The van der Waals surface area contributed by atoms with Gasteiger partial charge < -0.3 is 9.47 Å². The van der Waals surface area contributed by atoms with Crippen LogP contribution in [-0.4, -0.2) is 14.2 Å². The van der Waals surface area contributed by atoms with Crippen molar-refractivity contribution >= 4 is 0 Å². The van der Waals surface area contributed by atoms with E-state index in [2.05, 4.69) is 46.8 Å². The number of hydrogen-bond acceptors (Lipinski definition) is 2. The third-order valence-corrected chi connectivity index (χ3v) is 5.20. The molecule has 0 fully saturated rings. The third kappa shape index (κ3) is 10.7. The van der Waals surface area contributed by atoms with Crippen LogP contribution in [0.3, 0.4) is 0 Å². The Kier molecular flexibility index (Phi) is 15.7. The number of methoxy groups -OCH3 is 2. The molecule has 4 aromatic rings. The van der Waals surface area contributed by atoms with Crippen LogP contribution in [0.4, 0.5) is 0 Å². The van der Waals surface area contributed by atoms with Crippen molar-refractivity contribution in [3.05, 3.63) is 119 Å². The van der Waals surface area contributed by atoms with Gasteiger partial charge in [0.1, 0.15) is 0 Å². The van der Waals surface area contributed by atoms with E-state index >= 15 is 0 Å². The molecule has 4 rings (SSSR count). The standard InChI is InChI=1S/C10H15.2C7H7O.C5H5.Ti/c1-6-7(2)9(4)10(5)8(6)3;2*1-8-7-5-3-2-4-6-7;1-2-4-5-3-1;/h1-5H3;2*2-3,5-6H,1H3;1-5H;/q4*-1;+4. The quantitative estimate of drug-likeness (QED) is 0.229. The van der Waals surface area contributed by atoms with Crippen LogP contribution < -0.4 is 9.47 Å². The van der Waals surface area contributed by atoms with E-state index in [-0.39, 0.29) is 21.7 Å². The molecule has 0 radical (unpaired) electrons. The second-order valence-corrected chi connectivity index (χ2v) is 6.97. The monoisotopic (exact) mass is 462 g/mol. The summed E-state index contributed by atoms with van der Waals surface area (Å²) in [6.07, 6.45) is 0. The zero-order chi connectivity index (χ0) is 23.1. The topological polar surface area (TPSA) is 18.5 Å². The van der Waals surface area contributed by atoms with E-state index in [1.807, 2.05) is 66.7 Å². The molecule has 0 spiro atoms. The Balaban J connectivity index is 0.000000405. The first-order valence-electron chi connectivity index (χ1n) is 10.3. The van der Waals surface area contributed by atoms with Crippen LogP contribution in [0.5, 0.6) is 11.5 Å². The van der Waals surface area contributed by atoms with Gasteiger partial charge in [-0.3, -0.25) is 0 Å². The molecule has 0 heterocycles. The van der Waals surface area contributed by atoms with Gasteiger partial charge in [-0.15, -0.1) is 24.3 Å². The van der Waals surface area contributed by atoms with Crippen LogP contribution >= 0.6 is 0 Å². The Morgan fingerprint density at radius 2 is 1.12 bits per heavy atom. The molecule has 4 aromatic carbocycles. The first kappa shape index (κ1) is 29.5. The Hall–Kier alpha value is -2.55. The Morgan fingerprint density at radius 3 is 1.28 bits per heavy atom. The second kappa shape index (κ2) is 17.1. The molecule has 0 atom stereocenters. The van der Waals surface area contributed by atoms with Crippen molar-refractivity contribution < 1.29 is 31.2 Å². The molecule has 0 aliphatic carbocycles. The summed E-state index contributed by atoms with van der Waals surface area (Å²) in [4.78, 5) is 0. The van der Waals surface area contributed by atoms with Crippen molar-refractivity contribution in [3.63, 3.8) is 0 Å². The van der Waals surface area contributed by atoms with Crippen molar-refractivity contribution in [2.24, 2.45) is 0 Å². The smallest absolute Gasteiger partial charge is 0.554 e. The molecule has 0 amide bonds. The van der Waals surface area contributed by atoms with Crippen molar-refractivity contribution in [2.45, 2.75) is 34.6 Å². The van der Waals surface area contributed by atoms with Crippen LogP contribution in [0.25, 0.3) is 0 Å². The van der Waals surface area contributed by atoms with Gasteiger partial charge in [0, 0.05) is 11.5 Å². The summed E-state index contributed by atoms with van der Waals surface area (Å²) in [5.74, 6) is 1.71. The summed E-state index contributed by atoms with van der Waals surface area (Å²) >= 11 is 0. The van der Waals surface area contributed by atoms with Crippen molar-refractivity contribution in [2.75, 3.05) is 14.2 Å². The molecular formula is C29H34O2Ti. The van der Waals surface area contributed by atoms with Gasteiger partial charge in [-0.2, -0.15) is 82.4 Å². The van der Waals surface area contributed by atoms with Gasteiger partial charge in [0.2, 0.25) is 0 Å². The fraction of sp³-hybridized carbons (Fsp3) is 0.241. The van der Waals surface area contributed by atoms with Gasteiger partial charge in [0.05, 0.1) is 14.2 Å². The van der Waals surface area contributed by atoms with Crippen molar-refractivity contribution in [1.29, 1.82) is 0 Å². The van der Waals surface area contributed by atoms with E-state index in [4.69, 9.17) is 9.47 Å². The Morgan fingerprint density at radius 1 is 0.719 bits per heavy atom. The van der Waals surface area contributed by atoms with E-state index in [0.29, 0.717) is 0 Å². The zero-order valence-electron chi connectivity index (χ0n) is 20.3. The zero-order valence-corrected chi connectivity index (χ0v) is 21.9. The average molecular weight is 462 g/mol. The molecule has 0 unspecified atom stereocenters. The summed E-state index contributed by atoms with van der Waals surface area (Å²) in [7, 11) is 3.28. The minimum Gasteiger partial charge on any atom is -0.554 e. The summed E-state index contributed by atoms with van der Waals surface area (Å²) in [6.45, 7) is 11.0. The van der Waals surface area contributed by atoms with Gasteiger partial charge in [-0.05, 0) is 0 Å². The maximum Gasteiger partial charge on any atom is 4.00 e. The molecule has 0 aliphatic rings. The van der Waals surface area contributed by atoms with E-state index in [1.54, 1.807) is 26.4 Å². The van der Waals surface area contributed by atoms with E-state index in [1.165, 1.54) is 27.8 Å². The van der Waals surface area contributed by atoms with Gasteiger partial charge in [-0.1, -0.05) is 34.6 Å². The Bertz CT molecular complexity index is 803. The fourth-order valence-electron chi connectivity index (χ4n) is 2.73. The van der Waals surface area contributed by atoms with Crippen LogP contribution in [0, 0.1) is 46.8 Å². The molecule has 3 heteroatoms.